The quantitative estimate of drug-likeness (QED) is 0.668. The minimum atomic E-state index is 0.434. The van der Waals surface area contributed by atoms with Gasteiger partial charge < -0.3 is 19.9 Å². The van der Waals surface area contributed by atoms with E-state index >= 15 is 0 Å². The van der Waals surface area contributed by atoms with Gasteiger partial charge >= 0.3 is 0 Å². The Kier molecular flexibility index (Phi) is 7.82. The molecule has 0 radical (unpaired) electrons. The van der Waals surface area contributed by atoms with Crippen molar-refractivity contribution >= 4 is 0 Å². The SMILES string of the molecule is CC(NCCN(C)CCCN(C)C)C1CCCO1. The van der Waals surface area contributed by atoms with Crippen molar-refractivity contribution in [3.8, 4) is 0 Å². The summed E-state index contributed by atoms with van der Waals surface area (Å²) in [5, 5.41) is 3.58. The van der Waals surface area contributed by atoms with Gasteiger partial charge in [0.25, 0.3) is 0 Å². The van der Waals surface area contributed by atoms with Crippen LogP contribution in [0, 0.1) is 0 Å². The third kappa shape index (κ3) is 6.69. The summed E-state index contributed by atoms with van der Waals surface area (Å²) in [6.45, 7) is 7.70. The molecule has 2 unspecified atom stereocenters. The molecule has 1 N–H and O–H groups in total. The molecule has 4 heteroatoms. The first-order chi connectivity index (χ1) is 8.59. The first kappa shape index (κ1) is 15.9. The minimum absolute atomic E-state index is 0.434. The number of hydrogen-bond donors (Lipinski definition) is 1. The van der Waals surface area contributed by atoms with E-state index in [1.165, 1.54) is 32.4 Å². The molecule has 4 nitrogen and oxygen atoms in total. The van der Waals surface area contributed by atoms with Crippen LogP contribution < -0.4 is 5.32 Å². The van der Waals surface area contributed by atoms with E-state index in [0.717, 1.165) is 19.7 Å². The van der Waals surface area contributed by atoms with Gasteiger partial charge in [0.05, 0.1) is 6.10 Å². The van der Waals surface area contributed by atoms with E-state index in [9.17, 15) is 0 Å². The van der Waals surface area contributed by atoms with Gasteiger partial charge in [-0.15, -0.1) is 0 Å². The number of rotatable bonds is 9. The average molecular weight is 257 g/mol. The molecular formula is C14H31N3O. The van der Waals surface area contributed by atoms with Gasteiger partial charge in [-0.2, -0.15) is 0 Å². The molecule has 0 aliphatic carbocycles. The number of ether oxygens (including phenoxy) is 1. The van der Waals surface area contributed by atoms with Gasteiger partial charge in [-0.1, -0.05) is 0 Å². The molecular weight excluding hydrogens is 226 g/mol. The molecule has 0 aromatic carbocycles. The van der Waals surface area contributed by atoms with Gasteiger partial charge in [-0.05, 0) is 60.4 Å². The second-order valence-corrected chi connectivity index (χ2v) is 5.75. The third-order valence-corrected chi connectivity index (χ3v) is 3.63. The van der Waals surface area contributed by atoms with Crippen molar-refractivity contribution in [2.75, 3.05) is 53.9 Å². The van der Waals surface area contributed by atoms with Crippen LogP contribution in [-0.4, -0.2) is 75.9 Å². The molecule has 0 amide bonds. The van der Waals surface area contributed by atoms with Crippen molar-refractivity contribution in [2.24, 2.45) is 0 Å². The molecule has 0 spiro atoms. The second-order valence-electron chi connectivity index (χ2n) is 5.75. The molecule has 1 rings (SSSR count). The van der Waals surface area contributed by atoms with Crippen LogP contribution in [0.25, 0.3) is 0 Å². The molecule has 108 valence electrons. The van der Waals surface area contributed by atoms with Crippen LogP contribution in [0.5, 0.6) is 0 Å². The lowest BCUT2D eigenvalue weighted by Gasteiger charge is -2.23. The Labute approximate surface area is 113 Å². The Hall–Kier alpha value is -0.160. The van der Waals surface area contributed by atoms with Gasteiger partial charge in [0.2, 0.25) is 0 Å². The summed E-state index contributed by atoms with van der Waals surface area (Å²) >= 11 is 0. The van der Waals surface area contributed by atoms with Crippen LogP contribution in [0.4, 0.5) is 0 Å². The smallest absolute Gasteiger partial charge is 0.0726 e. The molecule has 1 heterocycles. The van der Waals surface area contributed by atoms with Gasteiger partial charge in [-0.25, -0.2) is 0 Å². The van der Waals surface area contributed by atoms with Crippen molar-refractivity contribution in [1.29, 1.82) is 0 Å². The maximum absolute atomic E-state index is 5.68. The van der Waals surface area contributed by atoms with E-state index in [0.29, 0.717) is 12.1 Å². The fourth-order valence-corrected chi connectivity index (χ4v) is 2.38. The van der Waals surface area contributed by atoms with Crippen molar-refractivity contribution in [2.45, 2.75) is 38.3 Å². The second kappa shape index (κ2) is 8.86. The zero-order valence-electron chi connectivity index (χ0n) is 12.6. The van der Waals surface area contributed by atoms with E-state index in [2.05, 4.69) is 43.2 Å². The van der Waals surface area contributed by atoms with E-state index < -0.39 is 0 Å². The number of hydrogen-bond acceptors (Lipinski definition) is 4. The van der Waals surface area contributed by atoms with Crippen molar-refractivity contribution < 1.29 is 4.74 Å². The predicted molar refractivity (Wildman–Crippen MR) is 77.1 cm³/mol. The molecule has 1 saturated heterocycles. The molecule has 1 aliphatic heterocycles. The predicted octanol–water partition coefficient (Wildman–Crippen LogP) is 1.03. The summed E-state index contributed by atoms with van der Waals surface area (Å²) in [6.07, 6.45) is 4.11. The van der Waals surface area contributed by atoms with Crippen molar-refractivity contribution in [3.63, 3.8) is 0 Å². The van der Waals surface area contributed by atoms with Crippen molar-refractivity contribution in [1.82, 2.24) is 15.1 Å². The number of nitrogens with one attached hydrogen (secondary N) is 1. The average Bonchev–Trinajstić information content (AvgIpc) is 2.81. The summed E-state index contributed by atoms with van der Waals surface area (Å²) < 4.78 is 5.68. The summed E-state index contributed by atoms with van der Waals surface area (Å²) in [5.74, 6) is 0. The van der Waals surface area contributed by atoms with Gasteiger partial charge in [0.1, 0.15) is 0 Å². The standard InChI is InChI=1S/C14H31N3O/c1-13(14-7-5-12-18-14)15-8-11-17(4)10-6-9-16(2)3/h13-15H,5-12H2,1-4H3. The molecule has 1 fully saturated rings. The molecule has 0 aromatic rings. The van der Waals surface area contributed by atoms with Gasteiger partial charge in [0.15, 0.2) is 0 Å². The highest BCUT2D eigenvalue weighted by atomic mass is 16.5. The van der Waals surface area contributed by atoms with Crippen LogP contribution in [0.15, 0.2) is 0 Å². The topological polar surface area (TPSA) is 27.7 Å². The molecule has 1 aliphatic rings. The molecule has 0 bridgehead atoms. The summed E-state index contributed by atoms with van der Waals surface area (Å²) in [7, 11) is 6.46. The van der Waals surface area contributed by atoms with Crippen LogP contribution >= 0.6 is 0 Å². The van der Waals surface area contributed by atoms with Crippen LogP contribution in [0.3, 0.4) is 0 Å². The highest BCUT2D eigenvalue weighted by molar-refractivity contribution is 4.76. The van der Waals surface area contributed by atoms with E-state index in [4.69, 9.17) is 4.74 Å². The maximum atomic E-state index is 5.68. The lowest BCUT2D eigenvalue weighted by atomic mass is 10.1. The number of likely N-dealkylation sites (N-methyl/N-ethyl adjacent to an activating group) is 1. The fraction of sp³-hybridized carbons (Fsp3) is 1.00. The summed E-state index contributed by atoms with van der Waals surface area (Å²) in [4.78, 5) is 4.64. The highest BCUT2D eigenvalue weighted by Crippen LogP contribution is 2.14. The number of nitrogens with zero attached hydrogens (tertiary/aromatic N) is 2. The van der Waals surface area contributed by atoms with Gasteiger partial charge in [-0.3, -0.25) is 0 Å². The zero-order valence-corrected chi connectivity index (χ0v) is 12.6. The monoisotopic (exact) mass is 257 g/mol. The van der Waals surface area contributed by atoms with Gasteiger partial charge in [0, 0.05) is 25.7 Å². The lowest BCUT2D eigenvalue weighted by molar-refractivity contribution is 0.0829. The lowest BCUT2D eigenvalue weighted by Crippen LogP contribution is -2.41. The Morgan fingerprint density at radius 1 is 1.22 bits per heavy atom. The Morgan fingerprint density at radius 3 is 2.61 bits per heavy atom. The molecule has 18 heavy (non-hydrogen) atoms. The molecule has 0 saturated carbocycles. The van der Waals surface area contributed by atoms with Crippen LogP contribution in [0.2, 0.25) is 0 Å². The summed E-state index contributed by atoms with van der Waals surface area (Å²) in [6, 6.07) is 0.489. The Morgan fingerprint density at radius 2 is 2.00 bits per heavy atom. The third-order valence-electron chi connectivity index (χ3n) is 3.63. The Balaban J connectivity index is 1.98. The normalized spacial score (nSPS) is 22.0. The van der Waals surface area contributed by atoms with Crippen molar-refractivity contribution in [3.05, 3.63) is 0 Å². The first-order valence-electron chi connectivity index (χ1n) is 7.28. The molecule has 2 atom stereocenters. The largest absolute Gasteiger partial charge is 0.377 e. The van der Waals surface area contributed by atoms with E-state index in [1.54, 1.807) is 0 Å². The van der Waals surface area contributed by atoms with Crippen LogP contribution in [-0.2, 0) is 4.74 Å². The first-order valence-corrected chi connectivity index (χ1v) is 7.28. The maximum Gasteiger partial charge on any atom is 0.0726 e. The molecule has 0 aromatic heterocycles. The van der Waals surface area contributed by atoms with E-state index in [1.807, 2.05) is 0 Å². The highest BCUT2D eigenvalue weighted by Gasteiger charge is 2.21. The minimum Gasteiger partial charge on any atom is -0.377 e. The fourth-order valence-electron chi connectivity index (χ4n) is 2.38. The Bertz CT molecular complexity index is 205. The summed E-state index contributed by atoms with van der Waals surface area (Å²) in [5.41, 5.74) is 0. The zero-order chi connectivity index (χ0) is 13.4. The van der Waals surface area contributed by atoms with Crippen LogP contribution in [0.1, 0.15) is 26.2 Å². The van der Waals surface area contributed by atoms with E-state index in [-0.39, 0.29) is 0 Å².